The Hall–Kier alpha value is -3.54. The Labute approximate surface area is 219 Å². The highest BCUT2D eigenvalue weighted by atomic mass is 19.4. The first-order valence-corrected chi connectivity index (χ1v) is 13.2. The molecule has 1 heterocycles. The van der Waals surface area contributed by atoms with Crippen LogP contribution in [0.4, 0.5) is 24.5 Å². The van der Waals surface area contributed by atoms with Crippen molar-refractivity contribution in [3.8, 4) is 29.1 Å². The quantitative estimate of drug-likeness (QED) is 0.377. The lowest BCUT2D eigenvalue weighted by molar-refractivity contribution is -0.274. The standard InChI is InChI=1S/C29H31F3N2O4/c30-29(31,32)38-21-12-13-26-24(15-21)33-17-27(37-26)28(36)34-23-16-25(35)22(19-9-3-4-10-19)14-20(23)11-5-8-18-6-1-2-7-18/h12-16,18-19,27,33,35H,1-4,6-10,17H2,(H,34,36). The summed E-state index contributed by atoms with van der Waals surface area (Å²) < 4.78 is 47.3. The molecule has 0 radical (unpaired) electrons. The molecule has 0 spiro atoms. The minimum Gasteiger partial charge on any atom is -0.508 e. The molecule has 0 aromatic heterocycles. The van der Waals surface area contributed by atoms with E-state index in [4.69, 9.17) is 4.74 Å². The smallest absolute Gasteiger partial charge is 0.508 e. The van der Waals surface area contributed by atoms with Crippen molar-refractivity contribution in [2.45, 2.75) is 76.2 Å². The molecule has 1 unspecified atom stereocenters. The van der Waals surface area contributed by atoms with E-state index in [1.165, 1.54) is 37.8 Å². The maximum absolute atomic E-state index is 13.1. The van der Waals surface area contributed by atoms with Gasteiger partial charge in [-0.25, -0.2) is 0 Å². The minimum absolute atomic E-state index is 0.0448. The summed E-state index contributed by atoms with van der Waals surface area (Å²) in [4.78, 5) is 13.1. The van der Waals surface area contributed by atoms with Gasteiger partial charge in [0.2, 0.25) is 0 Å². The molecule has 2 saturated carbocycles. The summed E-state index contributed by atoms with van der Waals surface area (Å²) in [5.41, 5.74) is 2.24. The molecule has 1 aliphatic heterocycles. The number of carbonyl (C=O) groups is 1. The van der Waals surface area contributed by atoms with E-state index in [1.54, 1.807) is 6.07 Å². The van der Waals surface area contributed by atoms with E-state index in [-0.39, 0.29) is 29.7 Å². The Morgan fingerprint density at radius 3 is 2.58 bits per heavy atom. The van der Waals surface area contributed by atoms with Crippen LogP contribution in [0.5, 0.6) is 17.2 Å². The third kappa shape index (κ3) is 6.29. The first-order chi connectivity index (χ1) is 18.2. The molecule has 0 bridgehead atoms. The summed E-state index contributed by atoms with van der Waals surface area (Å²) in [5.74, 6) is 6.96. The van der Waals surface area contributed by atoms with Crippen molar-refractivity contribution in [2.24, 2.45) is 5.92 Å². The second-order valence-corrected chi connectivity index (χ2v) is 10.3. The van der Waals surface area contributed by atoms with E-state index in [0.29, 0.717) is 22.9 Å². The van der Waals surface area contributed by atoms with Crippen LogP contribution in [0.25, 0.3) is 0 Å². The lowest BCUT2D eigenvalue weighted by Crippen LogP contribution is -2.41. The first kappa shape index (κ1) is 26.1. The summed E-state index contributed by atoms with van der Waals surface area (Å²) >= 11 is 0. The summed E-state index contributed by atoms with van der Waals surface area (Å²) in [6.07, 6.45) is 4.23. The van der Waals surface area contributed by atoms with Crippen LogP contribution < -0.4 is 20.1 Å². The van der Waals surface area contributed by atoms with Crippen molar-refractivity contribution in [3.05, 3.63) is 41.5 Å². The van der Waals surface area contributed by atoms with Gasteiger partial charge in [0.15, 0.2) is 6.10 Å². The van der Waals surface area contributed by atoms with Gasteiger partial charge in [-0.2, -0.15) is 0 Å². The number of hydrogen-bond donors (Lipinski definition) is 3. The maximum atomic E-state index is 13.1. The Morgan fingerprint density at radius 2 is 1.84 bits per heavy atom. The number of aromatic hydroxyl groups is 1. The van der Waals surface area contributed by atoms with Gasteiger partial charge in [-0.3, -0.25) is 4.79 Å². The van der Waals surface area contributed by atoms with Gasteiger partial charge in [0.05, 0.1) is 17.9 Å². The fraction of sp³-hybridized carbons (Fsp3) is 0.483. The zero-order chi connectivity index (χ0) is 26.7. The van der Waals surface area contributed by atoms with Crippen LogP contribution in [-0.2, 0) is 4.79 Å². The van der Waals surface area contributed by atoms with E-state index >= 15 is 0 Å². The highest BCUT2D eigenvalue weighted by Crippen LogP contribution is 2.41. The topological polar surface area (TPSA) is 79.8 Å². The van der Waals surface area contributed by atoms with Crippen LogP contribution in [0, 0.1) is 17.8 Å². The molecule has 2 aromatic rings. The Kier molecular flexibility index (Phi) is 7.59. The average Bonchev–Trinajstić information content (AvgIpc) is 3.59. The fourth-order valence-electron chi connectivity index (χ4n) is 5.58. The molecule has 202 valence electrons. The second kappa shape index (κ2) is 11.1. The zero-order valence-electron chi connectivity index (χ0n) is 21.0. The number of alkyl halides is 3. The number of fused-ring (bicyclic) bond motifs is 1. The average molecular weight is 529 g/mol. The number of rotatable bonds is 5. The Balaban J connectivity index is 1.32. The zero-order valence-corrected chi connectivity index (χ0v) is 21.0. The number of anilines is 2. The molecule has 5 rings (SSSR count). The van der Waals surface area contributed by atoms with Gasteiger partial charge in [-0.1, -0.05) is 37.5 Å². The molecule has 2 aliphatic carbocycles. The molecule has 9 heteroatoms. The van der Waals surface area contributed by atoms with Crippen molar-refractivity contribution in [3.63, 3.8) is 0 Å². The SMILES string of the molecule is O=C(Nc1cc(O)c(C2CCCC2)cc1C#CCC1CCCC1)C1CNc2cc(OC(F)(F)F)ccc2O1. The van der Waals surface area contributed by atoms with Gasteiger partial charge >= 0.3 is 6.36 Å². The monoisotopic (exact) mass is 528 g/mol. The van der Waals surface area contributed by atoms with Gasteiger partial charge in [-0.05, 0) is 61.3 Å². The minimum atomic E-state index is -4.80. The molecular formula is C29H31F3N2O4. The predicted octanol–water partition coefficient (Wildman–Crippen LogP) is 6.69. The summed E-state index contributed by atoms with van der Waals surface area (Å²) in [6.45, 7) is 0.0448. The van der Waals surface area contributed by atoms with Gasteiger partial charge in [0, 0.05) is 24.1 Å². The highest BCUT2D eigenvalue weighted by Gasteiger charge is 2.32. The van der Waals surface area contributed by atoms with Crippen LogP contribution in [0.1, 0.15) is 74.8 Å². The van der Waals surface area contributed by atoms with E-state index in [1.807, 2.05) is 6.07 Å². The number of phenolic OH excluding ortho intramolecular Hbond substituents is 1. The summed E-state index contributed by atoms with van der Waals surface area (Å²) in [5, 5.41) is 16.6. The van der Waals surface area contributed by atoms with Crippen LogP contribution in [0.2, 0.25) is 0 Å². The summed E-state index contributed by atoms with van der Waals surface area (Å²) in [6, 6.07) is 7.10. The van der Waals surface area contributed by atoms with E-state index < -0.39 is 18.4 Å². The predicted molar refractivity (Wildman–Crippen MR) is 137 cm³/mol. The van der Waals surface area contributed by atoms with Crippen molar-refractivity contribution < 1.29 is 32.5 Å². The van der Waals surface area contributed by atoms with Crippen LogP contribution in [0.3, 0.4) is 0 Å². The normalized spacial score (nSPS) is 19.6. The summed E-state index contributed by atoms with van der Waals surface area (Å²) in [7, 11) is 0. The van der Waals surface area contributed by atoms with Crippen molar-refractivity contribution >= 4 is 17.3 Å². The third-order valence-corrected chi connectivity index (χ3v) is 7.53. The van der Waals surface area contributed by atoms with Crippen molar-refractivity contribution in [1.29, 1.82) is 0 Å². The number of amides is 1. The molecule has 1 atom stereocenters. The lowest BCUT2D eigenvalue weighted by Gasteiger charge is -2.27. The molecular weight excluding hydrogens is 497 g/mol. The third-order valence-electron chi connectivity index (χ3n) is 7.53. The number of benzene rings is 2. The van der Waals surface area contributed by atoms with Gasteiger partial charge < -0.3 is 25.2 Å². The van der Waals surface area contributed by atoms with E-state index in [0.717, 1.165) is 43.7 Å². The number of nitrogens with one attached hydrogen (secondary N) is 2. The first-order valence-electron chi connectivity index (χ1n) is 13.2. The molecule has 2 fully saturated rings. The highest BCUT2D eigenvalue weighted by molar-refractivity contribution is 5.96. The number of halogens is 3. The number of carbonyl (C=O) groups excluding carboxylic acids is 1. The molecule has 2 aromatic carbocycles. The number of phenols is 1. The second-order valence-electron chi connectivity index (χ2n) is 10.3. The molecule has 38 heavy (non-hydrogen) atoms. The Bertz CT molecular complexity index is 1240. The maximum Gasteiger partial charge on any atom is 0.573 e. The lowest BCUT2D eigenvalue weighted by atomic mass is 9.94. The van der Waals surface area contributed by atoms with Crippen LogP contribution in [-0.4, -0.2) is 30.0 Å². The molecule has 6 nitrogen and oxygen atoms in total. The van der Waals surface area contributed by atoms with Crippen LogP contribution >= 0.6 is 0 Å². The van der Waals surface area contributed by atoms with Gasteiger partial charge in [0.1, 0.15) is 17.2 Å². The van der Waals surface area contributed by atoms with Gasteiger partial charge in [-0.15, -0.1) is 13.2 Å². The van der Waals surface area contributed by atoms with Gasteiger partial charge in [0.25, 0.3) is 5.91 Å². The van der Waals surface area contributed by atoms with E-state index in [9.17, 15) is 23.1 Å². The molecule has 0 saturated heterocycles. The molecule has 3 N–H and O–H groups in total. The van der Waals surface area contributed by atoms with Crippen molar-refractivity contribution in [1.82, 2.24) is 0 Å². The molecule has 1 amide bonds. The molecule has 3 aliphatic rings. The van der Waals surface area contributed by atoms with Crippen LogP contribution in [0.15, 0.2) is 30.3 Å². The largest absolute Gasteiger partial charge is 0.573 e. The fourth-order valence-corrected chi connectivity index (χ4v) is 5.58. The Morgan fingerprint density at radius 1 is 1.11 bits per heavy atom. The number of hydrogen-bond acceptors (Lipinski definition) is 5. The van der Waals surface area contributed by atoms with E-state index in [2.05, 4.69) is 27.2 Å². The number of ether oxygens (including phenoxy) is 2. The van der Waals surface area contributed by atoms with Crippen molar-refractivity contribution in [2.75, 3.05) is 17.2 Å².